The van der Waals surface area contributed by atoms with Gasteiger partial charge in [0.2, 0.25) is 5.79 Å². The molecular weight excluding hydrogens is 316 g/mol. The molecule has 5 atom stereocenters. The fraction of sp³-hybridized carbons (Fsp3) is 0.765. The Balaban J connectivity index is 2.20. The second-order valence-corrected chi connectivity index (χ2v) is 6.95. The van der Waals surface area contributed by atoms with Crippen LogP contribution < -0.4 is 0 Å². The lowest BCUT2D eigenvalue weighted by molar-refractivity contribution is -0.300. The smallest absolute Gasteiger partial charge is 0.334 e. The lowest BCUT2D eigenvalue weighted by Crippen LogP contribution is -2.70. The molecule has 0 aromatic carbocycles. The molecule has 1 heterocycles. The van der Waals surface area contributed by atoms with Crippen molar-refractivity contribution in [2.45, 2.75) is 37.4 Å². The van der Waals surface area contributed by atoms with E-state index in [1.807, 2.05) is 13.8 Å². The van der Waals surface area contributed by atoms with E-state index in [1.165, 1.54) is 21.3 Å². The fourth-order valence-corrected chi connectivity index (χ4v) is 4.82. The first-order valence-electron chi connectivity index (χ1n) is 7.93. The highest BCUT2D eigenvalue weighted by atomic mass is 16.7. The number of esters is 1. The molecule has 24 heavy (non-hydrogen) atoms. The molecule has 1 saturated heterocycles. The van der Waals surface area contributed by atoms with Gasteiger partial charge in [0, 0.05) is 45.2 Å². The molecule has 0 amide bonds. The molecule has 1 unspecified atom stereocenters. The number of hydrogen-bond acceptors (Lipinski definition) is 7. The number of fused-ring (bicyclic) bond motifs is 1. The van der Waals surface area contributed by atoms with Gasteiger partial charge in [0.25, 0.3) is 0 Å². The number of Topliss-reactive ketones (excluding diaryl/α,β-unsaturated/α-hetero) is 1. The zero-order valence-corrected chi connectivity index (χ0v) is 14.9. The monoisotopic (exact) mass is 340 g/mol. The largest absolute Gasteiger partial charge is 0.466 e. The number of allylic oxidation sites excluding steroid dienone is 1. The number of methoxy groups -OCH3 is 4. The molecule has 1 aliphatic heterocycles. The van der Waals surface area contributed by atoms with Gasteiger partial charge in [-0.05, 0) is 13.8 Å². The van der Waals surface area contributed by atoms with Gasteiger partial charge in [-0.3, -0.25) is 4.79 Å². The van der Waals surface area contributed by atoms with E-state index in [-0.39, 0.29) is 11.7 Å². The van der Waals surface area contributed by atoms with Gasteiger partial charge in [-0.25, -0.2) is 4.79 Å². The van der Waals surface area contributed by atoms with Crippen molar-refractivity contribution in [2.24, 2.45) is 17.8 Å². The summed E-state index contributed by atoms with van der Waals surface area (Å²) in [4.78, 5) is 25.4. The maximum Gasteiger partial charge on any atom is 0.334 e. The van der Waals surface area contributed by atoms with Crippen LogP contribution >= 0.6 is 0 Å². The number of carbonyl (C=O) groups excluding carboxylic acids is 2. The first-order chi connectivity index (χ1) is 11.2. The summed E-state index contributed by atoms with van der Waals surface area (Å²) in [5, 5.41) is 0. The predicted octanol–water partition coefficient (Wildman–Crippen LogP) is 1.06. The van der Waals surface area contributed by atoms with Gasteiger partial charge in [-0.1, -0.05) is 6.08 Å². The van der Waals surface area contributed by atoms with Crippen molar-refractivity contribution in [1.29, 1.82) is 0 Å². The Kier molecular flexibility index (Phi) is 3.92. The summed E-state index contributed by atoms with van der Waals surface area (Å²) in [6, 6.07) is 0. The Morgan fingerprint density at radius 2 is 1.79 bits per heavy atom. The zero-order chi connectivity index (χ0) is 17.9. The molecule has 2 fully saturated rings. The van der Waals surface area contributed by atoms with Crippen LogP contribution in [0.2, 0.25) is 0 Å². The molecule has 0 spiro atoms. The van der Waals surface area contributed by atoms with Crippen molar-refractivity contribution in [1.82, 2.24) is 0 Å². The SMILES string of the molecule is COC(=O)C1=C[C@@H]2C(=O)C(OC)(OC)[C@H]1[C@]1(C)OC(C)(OC)C[C@H]21. The van der Waals surface area contributed by atoms with E-state index >= 15 is 0 Å². The van der Waals surface area contributed by atoms with Gasteiger partial charge >= 0.3 is 5.97 Å². The summed E-state index contributed by atoms with van der Waals surface area (Å²) in [5.41, 5.74) is -0.502. The van der Waals surface area contributed by atoms with Gasteiger partial charge in [0.05, 0.1) is 18.6 Å². The molecule has 0 aromatic rings. The molecule has 3 aliphatic carbocycles. The van der Waals surface area contributed by atoms with Gasteiger partial charge in [0.1, 0.15) is 0 Å². The molecule has 7 heteroatoms. The van der Waals surface area contributed by atoms with Crippen molar-refractivity contribution in [2.75, 3.05) is 28.4 Å². The third kappa shape index (κ3) is 1.92. The summed E-state index contributed by atoms with van der Waals surface area (Å²) in [7, 11) is 5.68. The van der Waals surface area contributed by atoms with E-state index in [0.717, 1.165) is 0 Å². The number of carbonyl (C=O) groups is 2. The molecular formula is C17H24O7. The summed E-state index contributed by atoms with van der Waals surface area (Å²) < 4.78 is 27.8. The van der Waals surface area contributed by atoms with Crippen molar-refractivity contribution in [3.63, 3.8) is 0 Å². The average Bonchev–Trinajstić information content (AvgIpc) is 2.87. The topological polar surface area (TPSA) is 80.3 Å². The van der Waals surface area contributed by atoms with Crippen molar-refractivity contribution in [3.8, 4) is 0 Å². The fourth-order valence-electron chi connectivity index (χ4n) is 4.82. The molecule has 7 nitrogen and oxygen atoms in total. The summed E-state index contributed by atoms with van der Waals surface area (Å²) in [5.74, 6) is -4.56. The highest BCUT2D eigenvalue weighted by Gasteiger charge is 2.74. The Labute approximate surface area is 141 Å². The minimum Gasteiger partial charge on any atom is -0.466 e. The Bertz CT molecular complexity index is 608. The summed E-state index contributed by atoms with van der Waals surface area (Å²) in [6.07, 6.45) is 2.23. The maximum atomic E-state index is 13.1. The van der Waals surface area contributed by atoms with Crippen LogP contribution in [0.4, 0.5) is 0 Å². The number of rotatable bonds is 4. The first-order valence-corrected chi connectivity index (χ1v) is 7.93. The van der Waals surface area contributed by atoms with Crippen molar-refractivity contribution < 1.29 is 33.3 Å². The van der Waals surface area contributed by atoms with E-state index in [4.69, 9.17) is 23.7 Å². The molecule has 0 radical (unpaired) electrons. The number of ether oxygens (including phenoxy) is 5. The van der Waals surface area contributed by atoms with Crippen molar-refractivity contribution >= 4 is 11.8 Å². The minimum absolute atomic E-state index is 0.133. The van der Waals surface area contributed by atoms with Crippen LogP contribution in [-0.2, 0) is 33.3 Å². The summed E-state index contributed by atoms with van der Waals surface area (Å²) >= 11 is 0. The predicted molar refractivity (Wildman–Crippen MR) is 81.8 cm³/mol. The molecule has 4 rings (SSSR count). The molecule has 0 aromatic heterocycles. The van der Waals surface area contributed by atoms with Crippen molar-refractivity contribution in [3.05, 3.63) is 11.6 Å². The van der Waals surface area contributed by atoms with Crippen LogP contribution in [0.3, 0.4) is 0 Å². The molecule has 134 valence electrons. The van der Waals surface area contributed by atoms with Crippen LogP contribution in [-0.4, -0.2) is 57.4 Å². The Morgan fingerprint density at radius 1 is 1.17 bits per heavy atom. The standard InChI is InChI=1S/C17H24O7/c1-15(21-4)8-11-9-7-10(14(19)20-3)12(16(11,2)24-15)17(22-5,23-6)13(9)18/h7,9,11-12H,8H2,1-6H3/t9-,11+,12+,15?,16+/m0/s1. The van der Waals surface area contributed by atoms with E-state index in [9.17, 15) is 9.59 Å². The van der Waals surface area contributed by atoms with Crippen LogP contribution in [0.15, 0.2) is 11.6 Å². The zero-order valence-electron chi connectivity index (χ0n) is 14.9. The highest BCUT2D eigenvalue weighted by Crippen LogP contribution is 2.62. The quantitative estimate of drug-likeness (QED) is 0.559. The van der Waals surface area contributed by atoms with Gasteiger partial charge in [0.15, 0.2) is 11.6 Å². The van der Waals surface area contributed by atoms with Gasteiger partial charge in [-0.2, -0.15) is 0 Å². The summed E-state index contributed by atoms with van der Waals surface area (Å²) in [6.45, 7) is 3.72. The first kappa shape index (κ1) is 17.5. The molecule has 1 saturated carbocycles. The van der Waals surface area contributed by atoms with Crippen LogP contribution in [0.5, 0.6) is 0 Å². The molecule has 4 aliphatic rings. The van der Waals surface area contributed by atoms with E-state index < -0.39 is 35.0 Å². The van der Waals surface area contributed by atoms with Crippen LogP contribution in [0.25, 0.3) is 0 Å². The van der Waals surface area contributed by atoms with Gasteiger partial charge in [-0.15, -0.1) is 0 Å². The lowest BCUT2D eigenvalue weighted by Gasteiger charge is -2.56. The third-order valence-corrected chi connectivity index (χ3v) is 5.93. The molecule has 0 N–H and O–H groups in total. The average molecular weight is 340 g/mol. The normalized spacial score (nSPS) is 42.7. The minimum atomic E-state index is -1.58. The number of ketones is 1. The van der Waals surface area contributed by atoms with Crippen LogP contribution in [0, 0.1) is 17.8 Å². The lowest BCUT2D eigenvalue weighted by atomic mass is 9.54. The molecule has 2 bridgehead atoms. The second-order valence-electron chi connectivity index (χ2n) is 6.95. The van der Waals surface area contributed by atoms with Gasteiger partial charge < -0.3 is 23.7 Å². The van der Waals surface area contributed by atoms with E-state index in [1.54, 1.807) is 13.2 Å². The van der Waals surface area contributed by atoms with E-state index in [2.05, 4.69) is 0 Å². The Morgan fingerprint density at radius 3 is 2.29 bits per heavy atom. The maximum absolute atomic E-state index is 13.1. The second kappa shape index (κ2) is 5.36. The Hall–Kier alpha value is -1.28. The van der Waals surface area contributed by atoms with Crippen LogP contribution in [0.1, 0.15) is 20.3 Å². The number of hydrogen-bond donors (Lipinski definition) is 0. The highest BCUT2D eigenvalue weighted by molar-refractivity contribution is 6.00. The third-order valence-electron chi connectivity index (χ3n) is 5.93. The van der Waals surface area contributed by atoms with E-state index in [0.29, 0.717) is 12.0 Å².